The summed E-state index contributed by atoms with van der Waals surface area (Å²) < 4.78 is 0. The second-order valence-electron chi connectivity index (χ2n) is 1.38. The predicted molar refractivity (Wildman–Crippen MR) is 37.2 cm³/mol. The van der Waals surface area contributed by atoms with Crippen LogP contribution in [0.4, 0.5) is 0 Å². The van der Waals surface area contributed by atoms with Crippen molar-refractivity contribution < 1.29 is 0 Å². The van der Waals surface area contributed by atoms with Gasteiger partial charge >= 0.3 is 0 Å². The fourth-order valence-corrected chi connectivity index (χ4v) is 0.944. The Kier molecular flexibility index (Phi) is 1.50. The fraction of sp³-hybridized carbons (Fsp3) is 0. The molecule has 0 amide bonds. The number of nitrogens with two attached hydrogens (primary N) is 1. The Balaban J connectivity index is 2.79. The van der Waals surface area contributed by atoms with Gasteiger partial charge in [0.25, 0.3) is 0 Å². The van der Waals surface area contributed by atoms with Gasteiger partial charge in [0.2, 0.25) is 0 Å². The molecule has 0 fully saturated rings. The first-order chi connectivity index (χ1) is 3.43. The van der Waals surface area contributed by atoms with E-state index < -0.39 is 0 Å². The van der Waals surface area contributed by atoms with Crippen molar-refractivity contribution in [3.05, 3.63) is 24.3 Å². The van der Waals surface area contributed by atoms with Gasteiger partial charge in [-0.1, -0.05) is 32.7 Å². The lowest BCUT2D eigenvalue weighted by Crippen LogP contribution is -1.78. The lowest BCUT2D eigenvalue weighted by molar-refractivity contribution is 2.04. The summed E-state index contributed by atoms with van der Waals surface area (Å²) in [5.74, 6) is 0. The van der Waals surface area contributed by atoms with Crippen LogP contribution in [0.15, 0.2) is 24.3 Å². The van der Waals surface area contributed by atoms with E-state index in [-0.39, 0.29) is 8.35 Å². The van der Waals surface area contributed by atoms with Crippen LogP contribution >= 0.6 is 8.35 Å². The smallest absolute Gasteiger partial charge is 0.0204 e. The molecule has 0 aromatic heterocycles. The van der Waals surface area contributed by atoms with Crippen LogP contribution in [0.5, 0.6) is 0 Å². The Labute approximate surface area is 44.4 Å². The van der Waals surface area contributed by atoms with Crippen molar-refractivity contribution in [2.75, 3.05) is 0 Å². The minimum atomic E-state index is 0.0440. The Bertz CT molecular complexity index is 130. The van der Waals surface area contributed by atoms with Gasteiger partial charge in [0.1, 0.15) is 0 Å². The second kappa shape index (κ2) is 2.15. The maximum Gasteiger partial charge on any atom is -0.0204 e. The van der Waals surface area contributed by atoms with Gasteiger partial charge in [0.15, 0.2) is 0 Å². The van der Waals surface area contributed by atoms with Crippen LogP contribution < -0.4 is 5.50 Å². The molecule has 1 aliphatic carbocycles. The average molecular weight is 113 g/mol. The van der Waals surface area contributed by atoms with E-state index in [1.807, 2.05) is 12.2 Å². The Morgan fingerprint density at radius 1 is 1.29 bits per heavy atom. The van der Waals surface area contributed by atoms with Crippen LogP contribution in [0, 0.1) is 0 Å². The van der Waals surface area contributed by atoms with Crippen molar-refractivity contribution in [2.24, 2.45) is 5.50 Å². The molecule has 0 radical (unpaired) electrons. The summed E-state index contributed by atoms with van der Waals surface area (Å²) in [6.45, 7) is 0. The summed E-state index contributed by atoms with van der Waals surface area (Å²) in [7, 11) is 0.0440. The fourth-order valence-electron chi connectivity index (χ4n) is 0.500. The number of rotatable bonds is 0. The summed E-state index contributed by atoms with van der Waals surface area (Å²) in [6.07, 6.45) is 8.12. The van der Waals surface area contributed by atoms with Crippen LogP contribution in [-0.2, 0) is 0 Å². The van der Waals surface area contributed by atoms with Crippen molar-refractivity contribution >= 4 is 13.6 Å². The molecule has 1 aliphatic rings. The summed E-state index contributed by atoms with van der Waals surface area (Å²) in [6, 6.07) is 0. The van der Waals surface area contributed by atoms with E-state index in [1.165, 1.54) is 5.29 Å². The van der Waals surface area contributed by atoms with Gasteiger partial charge in [0.05, 0.1) is 0 Å². The predicted octanol–water partition coefficient (Wildman–Crippen LogP) is 0.569. The molecule has 38 valence electrons. The number of hydrogen-bond donors (Lipinski definition) is 1. The van der Waals surface area contributed by atoms with Crippen molar-refractivity contribution in [1.29, 1.82) is 0 Å². The molecule has 0 heterocycles. The van der Waals surface area contributed by atoms with Crippen molar-refractivity contribution in [3.63, 3.8) is 0 Å². The van der Waals surface area contributed by atoms with Gasteiger partial charge in [-0.2, -0.15) is 0 Å². The minimum absolute atomic E-state index is 0.0440. The first-order valence-corrected chi connectivity index (χ1v) is 3.44. The van der Waals surface area contributed by atoms with Gasteiger partial charge in [-0.25, -0.2) is 0 Å². The summed E-state index contributed by atoms with van der Waals surface area (Å²) in [5.41, 5.74) is 5.38. The van der Waals surface area contributed by atoms with E-state index in [1.54, 1.807) is 0 Å². The van der Waals surface area contributed by atoms with Crippen molar-refractivity contribution in [1.82, 2.24) is 0 Å². The maximum atomic E-state index is 5.38. The maximum absolute atomic E-state index is 5.38. The molecule has 0 aromatic carbocycles. The molecule has 2 heteroatoms. The first kappa shape index (κ1) is 4.89. The molecule has 0 saturated carbocycles. The van der Waals surface area contributed by atoms with Gasteiger partial charge in [-0.05, 0) is 5.29 Å². The van der Waals surface area contributed by atoms with E-state index in [0.29, 0.717) is 0 Å². The largest absolute Gasteiger partial charge is 0.315 e. The van der Waals surface area contributed by atoms with Crippen LogP contribution in [0.2, 0.25) is 0 Å². The van der Waals surface area contributed by atoms with Gasteiger partial charge in [-0.15, -0.1) is 0 Å². The summed E-state index contributed by atoms with van der Waals surface area (Å²) in [5, 5.41) is 1.29. The van der Waals surface area contributed by atoms with E-state index in [9.17, 15) is 0 Å². The van der Waals surface area contributed by atoms with Crippen LogP contribution in [0.25, 0.3) is 0 Å². The highest BCUT2D eigenvalue weighted by molar-refractivity contribution is 7.39. The number of allylic oxidation sites excluding steroid dienone is 4. The molecular weight excluding hydrogens is 105 g/mol. The molecule has 1 nitrogen and oxygen atoms in total. The van der Waals surface area contributed by atoms with E-state index in [0.717, 1.165) is 0 Å². The molecule has 0 aromatic rings. The van der Waals surface area contributed by atoms with E-state index in [2.05, 4.69) is 12.2 Å². The summed E-state index contributed by atoms with van der Waals surface area (Å²) in [4.78, 5) is 0. The zero-order valence-corrected chi connectivity index (χ0v) is 5.12. The third-order valence-electron chi connectivity index (χ3n) is 0.881. The van der Waals surface area contributed by atoms with Crippen LogP contribution in [0.1, 0.15) is 0 Å². The molecule has 1 atom stereocenters. The lowest BCUT2D eigenvalue weighted by Gasteiger charge is -1.79. The van der Waals surface area contributed by atoms with Crippen LogP contribution in [-0.4, -0.2) is 5.29 Å². The Morgan fingerprint density at radius 3 is 2.14 bits per heavy atom. The SMILES string of the molecule is N[PH2]=C1C=CC=C1. The molecule has 0 bridgehead atoms. The second-order valence-corrected chi connectivity index (χ2v) is 2.38. The Morgan fingerprint density at radius 2 is 1.86 bits per heavy atom. The Hall–Kier alpha value is -0.260. The zero-order chi connectivity index (χ0) is 5.11. The van der Waals surface area contributed by atoms with Crippen LogP contribution in [0.3, 0.4) is 0 Å². The molecule has 1 rings (SSSR count). The zero-order valence-electron chi connectivity index (χ0n) is 3.96. The van der Waals surface area contributed by atoms with E-state index >= 15 is 0 Å². The highest BCUT2D eigenvalue weighted by Crippen LogP contribution is 1.99. The molecule has 0 aliphatic heterocycles. The standard InChI is InChI=1S/C5H8NP/c6-7-5-3-1-2-4-5/h1-4H,6-7H2. The lowest BCUT2D eigenvalue weighted by atomic mass is 10.5. The molecular formula is C5H8NP. The third-order valence-corrected chi connectivity index (χ3v) is 1.65. The average Bonchev–Trinajstić information content (AvgIpc) is 2.14. The first-order valence-electron chi connectivity index (χ1n) is 2.20. The highest BCUT2D eigenvalue weighted by Gasteiger charge is 1.84. The van der Waals surface area contributed by atoms with Gasteiger partial charge < -0.3 is 5.50 Å². The number of hydrogen-bond acceptors (Lipinski definition) is 1. The minimum Gasteiger partial charge on any atom is -0.315 e. The molecule has 7 heavy (non-hydrogen) atoms. The molecule has 0 spiro atoms. The molecule has 0 saturated heterocycles. The van der Waals surface area contributed by atoms with Gasteiger partial charge in [-0.3, -0.25) is 0 Å². The topological polar surface area (TPSA) is 26.0 Å². The monoisotopic (exact) mass is 113 g/mol. The third kappa shape index (κ3) is 1.05. The molecule has 2 N–H and O–H groups in total. The molecule has 1 unspecified atom stereocenters. The van der Waals surface area contributed by atoms with E-state index in [4.69, 9.17) is 5.50 Å². The normalized spacial score (nSPS) is 18.1. The quantitative estimate of drug-likeness (QED) is 0.456. The van der Waals surface area contributed by atoms with Gasteiger partial charge in [0, 0.05) is 0 Å². The van der Waals surface area contributed by atoms with Crippen molar-refractivity contribution in [3.8, 4) is 0 Å². The summed E-state index contributed by atoms with van der Waals surface area (Å²) >= 11 is 0. The highest BCUT2D eigenvalue weighted by atomic mass is 31.1. The van der Waals surface area contributed by atoms with Crippen molar-refractivity contribution in [2.45, 2.75) is 0 Å².